The molecule has 3 N–H and O–H groups in total. The highest BCUT2D eigenvalue weighted by molar-refractivity contribution is 7.89. The summed E-state index contributed by atoms with van der Waals surface area (Å²) in [6.07, 6.45) is -5.11. The number of aliphatic hydroxyl groups is 1. The summed E-state index contributed by atoms with van der Waals surface area (Å²) in [6.45, 7) is 13.8. The van der Waals surface area contributed by atoms with E-state index in [0.29, 0.717) is 6.42 Å². The van der Waals surface area contributed by atoms with Gasteiger partial charge < -0.3 is 43.7 Å². The molecule has 1 unspecified atom stereocenters. The van der Waals surface area contributed by atoms with E-state index < -0.39 is 99.7 Å². The van der Waals surface area contributed by atoms with Crippen LogP contribution in [0.1, 0.15) is 74.7 Å². The van der Waals surface area contributed by atoms with Gasteiger partial charge in [0, 0.05) is 23.8 Å². The SMILES string of the molecule is CC[C@H]1OC(=O)[C@H](C)[C@H]2OCC(NS(=O)(=O)c3ccccc3)CO[C@](C)(C[C@@H](C)C(=O)[C@H](C)[C@H]3NC(=O)O[C@@]31C)[C@H](O[C@@H]1O[C@H](C)C[C@H](N(C)C)[C@H]1O)[C@H]2C. The highest BCUT2D eigenvalue weighted by Crippen LogP contribution is 2.42. The number of ketones is 1. The summed E-state index contributed by atoms with van der Waals surface area (Å²) in [5.74, 6) is -3.94. The van der Waals surface area contributed by atoms with Crippen LogP contribution in [0.4, 0.5) is 4.79 Å². The van der Waals surface area contributed by atoms with Gasteiger partial charge in [-0.25, -0.2) is 17.9 Å². The van der Waals surface area contributed by atoms with Crippen LogP contribution in [0.5, 0.6) is 0 Å². The predicted molar refractivity (Wildman–Crippen MR) is 200 cm³/mol. The number of hydrogen-bond acceptors (Lipinski definition) is 13. The Morgan fingerprint density at radius 1 is 1.02 bits per heavy atom. The predicted octanol–water partition coefficient (Wildman–Crippen LogP) is 3.02. The molecule has 15 nitrogen and oxygen atoms in total. The van der Waals surface area contributed by atoms with Gasteiger partial charge in [0.1, 0.15) is 18.0 Å². The third-order valence-electron chi connectivity index (χ3n) is 12.1. The van der Waals surface area contributed by atoms with Crippen molar-refractivity contribution >= 4 is 27.9 Å². The van der Waals surface area contributed by atoms with E-state index in [2.05, 4.69) is 10.0 Å². The number of fused-ring (bicyclic) bond motifs is 4. The summed E-state index contributed by atoms with van der Waals surface area (Å²) in [6, 6.07) is 5.88. The van der Waals surface area contributed by atoms with Gasteiger partial charge in [-0.15, -0.1) is 0 Å². The van der Waals surface area contributed by atoms with Crippen molar-refractivity contribution in [3.8, 4) is 0 Å². The van der Waals surface area contributed by atoms with E-state index in [0.717, 1.165) is 0 Å². The van der Waals surface area contributed by atoms with Crippen LogP contribution >= 0.6 is 0 Å². The lowest BCUT2D eigenvalue weighted by atomic mass is 9.73. The molecule has 4 saturated heterocycles. The Balaban J connectivity index is 1.63. The molecule has 16 heteroatoms. The molecule has 1 aromatic carbocycles. The Labute approximate surface area is 325 Å². The number of amides is 1. The standard InChI is InChI=1S/C39H61N3O12S/c1-11-29-39(8)33(40-37(46)54-39)23(4)30(43)21(2)18-38(7)34(53-36-31(44)28(42(9)10)17-22(3)51-36)24(5)32(25(6)35(45)52-29)49-19-26(20-50-38)41-55(47,48)27-15-13-12-14-16-27/h12-16,21-26,28-29,31-34,36,41,44H,11,17-20H2,1-10H3,(H,40,46)/t21-,22-,23+,24+,25-,26?,28+,29-,31-,32+,33-,34-,36+,38-,39-/m1/s1. The maximum atomic E-state index is 14.5. The minimum atomic E-state index is -4.04. The van der Waals surface area contributed by atoms with E-state index in [1.165, 1.54) is 12.1 Å². The Morgan fingerprint density at radius 3 is 2.33 bits per heavy atom. The van der Waals surface area contributed by atoms with E-state index in [-0.39, 0.29) is 48.9 Å². The smallest absolute Gasteiger partial charge is 0.408 e. The first-order chi connectivity index (χ1) is 25.7. The summed E-state index contributed by atoms with van der Waals surface area (Å²) >= 11 is 0. The summed E-state index contributed by atoms with van der Waals surface area (Å²) in [4.78, 5) is 43.5. The molecule has 1 amide bonds. The van der Waals surface area contributed by atoms with Gasteiger partial charge in [-0.05, 0) is 73.2 Å². The van der Waals surface area contributed by atoms with Crippen molar-refractivity contribution in [2.24, 2.45) is 23.7 Å². The van der Waals surface area contributed by atoms with E-state index in [4.69, 9.17) is 28.4 Å². The summed E-state index contributed by atoms with van der Waals surface area (Å²) in [5.41, 5.74) is -2.72. The van der Waals surface area contributed by atoms with Crippen LogP contribution in [0, 0.1) is 23.7 Å². The van der Waals surface area contributed by atoms with Crippen molar-refractivity contribution < 1.29 is 56.3 Å². The number of Topliss-reactive ketones (excluding diaryl/α,β-unsaturated/α-hetero) is 1. The molecule has 0 aromatic heterocycles. The zero-order valence-electron chi connectivity index (χ0n) is 33.7. The normalized spacial score (nSPS) is 42.3. The number of aliphatic hydroxyl groups excluding tert-OH is 1. The topological polar surface area (TPSA) is 188 Å². The molecule has 4 aliphatic rings. The molecular formula is C39H61N3O12S. The molecule has 0 spiro atoms. The van der Waals surface area contributed by atoms with Gasteiger partial charge in [-0.2, -0.15) is 0 Å². The second-order valence-electron chi connectivity index (χ2n) is 16.7. The Kier molecular flexibility index (Phi) is 13.4. The Morgan fingerprint density at radius 2 is 1.69 bits per heavy atom. The van der Waals surface area contributed by atoms with Crippen LogP contribution in [-0.2, 0) is 48.0 Å². The lowest BCUT2D eigenvalue weighted by molar-refractivity contribution is -0.302. The van der Waals surface area contributed by atoms with Gasteiger partial charge >= 0.3 is 12.1 Å². The highest BCUT2D eigenvalue weighted by Gasteiger charge is 2.58. The molecule has 4 fully saturated rings. The molecule has 5 rings (SSSR count). The quantitative estimate of drug-likeness (QED) is 0.342. The lowest BCUT2D eigenvalue weighted by Gasteiger charge is -2.48. The number of rotatable bonds is 7. The molecule has 0 aliphatic carbocycles. The monoisotopic (exact) mass is 795 g/mol. The number of carbonyl (C=O) groups excluding carboxylic acids is 3. The fourth-order valence-corrected chi connectivity index (χ4v) is 10.3. The van der Waals surface area contributed by atoms with Crippen LogP contribution in [0.3, 0.4) is 0 Å². The van der Waals surface area contributed by atoms with E-state index in [1.54, 1.807) is 52.8 Å². The molecule has 0 radical (unpaired) electrons. The minimum absolute atomic E-state index is 0.0549. The number of nitrogens with zero attached hydrogens (tertiary/aromatic N) is 1. The number of ether oxygens (including phenoxy) is 6. The van der Waals surface area contributed by atoms with Crippen molar-refractivity contribution in [2.75, 3.05) is 27.3 Å². The number of sulfonamides is 1. The van der Waals surface area contributed by atoms with Crippen molar-refractivity contribution in [3.05, 3.63) is 30.3 Å². The zero-order chi connectivity index (χ0) is 40.6. The first kappa shape index (κ1) is 43.4. The number of alkyl carbamates (subject to hydrolysis) is 1. The third kappa shape index (κ3) is 9.06. The summed E-state index contributed by atoms with van der Waals surface area (Å²) in [5, 5.41) is 14.4. The number of hydrogen-bond donors (Lipinski definition) is 3. The number of esters is 1. The van der Waals surface area contributed by atoms with Crippen LogP contribution in [-0.4, -0.2) is 130 Å². The molecular weight excluding hydrogens is 735 g/mol. The molecule has 55 heavy (non-hydrogen) atoms. The van der Waals surface area contributed by atoms with E-state index >= 15 is 0 Å². The van der Waals surface area contributed by atoms with Crippen LogP contribution < -0.4 is 10.0 Å². The Bertz CT molecular complexity index is 1630. The van der Waals surface area contributed by atoms with E-state index in [9.17, 15) is 27.9 Å². The molecule has 310 valence electrons. The number of cyclic esters (lactones) is 1. The molecule has 15 atom stereocenters. The van der Waals surface area contributed by atoms with Gasteiger partial charge in [0.15, 0.2) is 11.9 Å². The zero-order valence-corrected chi connectivity index (χ0v) is 34.5. The first-order valence-corrected chi connectivity index (χ1v) is 20.9. The number of benzene rings is 1. The fourth-order valence-electron chi connectivity index (χ4n) is 9.08. The van der Waals surface area contributed by atoms with Crippen molar-refractivity contribution in [1.82, 2.24) is 14.9 Å². The molecule has 2 bridgehead atoms. The molecule has 4 heterocycles. The Hall–Kier alpha value is -2.70. The van der Waals surface area contributed by atoms with Crippen LogP contribution in [0.15, 0.2) is 35.2 Å². The largest absolute Gasteiger partial charge is 0.458 e. The molecule has 1 aromatic rings. The van der Waals surface area contributed by atoms with Gasteiger partial charge in [0.25, 0.3) is 0 Å². The second kappa shape index (κ2) is 17.0. The van der Waals surface area contributed by atoms with Crippen molar-refractivity contribution in [1.29, 1.82) is 0 Å². The maximum Gasteiger partial charge on any atom is 0.408 e. The average Bonchev–Trinajstić information content (AvgIpc) is 3.46. The minimum Gasteiger partial charge on any atom is -0.458 e. The lowest BCUT2D eigenvalue weighted by Crippen LogP contribution is -2.60. The van der Waals surface area contributed by atoms with E-state index in [1.807, 2.05) is 39.8 Å². The first-order valence-electron chi connectivity index (χ1n) is 19.4. The van der Waals surface area contributed by atoms with Gasteiger partial charge in [-0.1, -0.05) is 45.9 Å². The van der Waals surface area contributed by atoms with Gasteiger partial charge in [-0.3, -0.25) is 9.59 Å². The van der Waals surface area contributed by atoms with Gasteiger partial charge in [0.2, 0.25) is 10.0 Å². The number of carbonyl (C=O) groups is 3. The van der Waals surface area contributed by atoms with Crippen molar-refractivity contribution in [3.63, 3.8) is 0 Å². The maximum absolute atomic E-state index is 14.5. The number of nitrogens with one attached hydrogen (secondary N) is 2. The number of likely N-dealkylation sites (N-methyl/N-ethyl adjacent to an activating group) is 1. The summed E-state index contributed by atoms with van der Waals surface area (Å²) < 4.78 is 68.4. The van der Waals surface area contributed by atoms with Gasteiger partial charge in [0.05, 0.1) is 60.0 Å². The molecule has 0 saturated carbocycles. The highest BCUT2D eigenvalue weighted by atomic mass is 32.2. The van der Waals surface area contributed by atoms with Crippen LogP contribution in [0.25, 0.3) is 0 Å². The fraction of sp³-hybridized carbons (Fsp3) is 0.769. The second-order valence-corrected chi connectivity index (χ2v) is 18.4. The molecule has 4 aliphatic heterocycles. The average molecular weight is 796 g/mol. The van der Waals surface area contributed by atoms with Crippen LogP contribution in [0.2, 0.25) is 0 Å². The van der Waals surface area contributed by atoms with Crippen molar-refractivity contribution in [2.45, 2.75) is 146 Å². The third-order valence-corrected chi connectivity index (χ3v) is 13.7. The summed E-state index contributed by atoms with van der Waals surface area (Å²) in [7, 11) is -0.296.